The van der Waals surface area contributed by atoms with Crippen LogP contribution in [0.3, 0.4) is 0 Å². The highest BCUT2D eigenvalue weighted by Gasteiger charge is 2.22. The van der Waals surface area contributed by atoms with E-state index in [1.54, 1.807) is 7.11 Å². The molecule has 0 unspecified atom stereocenters. The van der Waals surface area contributed by atoms with E-state index < -0.39 is 0 Å². The third-order valence-corrected chi connectivity index (χ3v) is 4.77. The first-order valence-corrected chi connectivity index (χ1v) is 8.82. The largest absolute Gasteiger partial charge is 0.497 e. The molecule has 0 aliphatic carbocycles. The molecule has 134 valence electrons. The minimum atomic E-state index is 0.195. The maximum absolute atomic E-state index is 5.98. The van der Waals surface area contributed by atoms with Crippen molar-refractivity contribution in [2.24, 2.45) is 0 Å². The zero-order chi connectivity index (χ0) is 17.8. The molecular weight excluding hydrogens is 314 g/mol. The van der Waals surface area contributed by atoms with E-state index in [4.69, 9.17) is 14.5 Å². The summed E-state index contributed by atoms with van der Waals surface area (Å²) in [5.74, 6) is 0.895. The summed E-state index contributed by atoms with van der Waals surface area (Å²) < 4.78 is 11.3. The molecule has 0 N–H and O–H groups in total. The fourth-order valence-electron chi connectivity index (χ4n) is 3.23. The van der Waals surface area contributed by atoms with Crippen molar-refractivity contribution in [1.82, 2.24) is 14.9 Å². The molecule has 2 aromatic rings. The van der Waals surface area contributed by atoms with Crippen LogP contribution in [0.5, 0.6) is 5.75 Å². The van der Waals surface area contributed by atoms with Crippen LogP contribution in [0.2, 0.25) is 0 Å². The Balaban J connectivity index is 1.64. The lowest BCUT2D eigenvalue weighted by Crippen LogP contribution is -2.43. The first kappa shape index (κ1) is 17.8. The minimum Gasteiger partial charge on any atom is -0.497 e. The van der Waals surface area contributed by atoms with Crippen LogP contribution in [0.15, 0.2) is 24.3 Å². The van der Waals surface area contributed by atoms with Gasteiger partial charge in [0.05, 0.1) is 42.6 Å². The van der Waals surface area contributed by atoms with Gasteiger partial charge in [-0.2, -0.15) is 0 Å². The van der Waals surface area contributed by atoms with Crippen molar-refractivity contribution in [1.29, 1.82) is 0 Å². The van der Waals surface area contributed by atoms with E-state index in [1.165, 1.54) is 5.56 Å². The van der Waals surface area contributed by atoms with Crippen LogP contribution >= 0.6 is 0 Å². The van der Waals surface area contributed by atoms with Crippen LogP contribution < -0.4 is 4.74 Å². The van der Waals surface area contributed by atoms with Gasteiger partial charge in [-0.15, -0.1) is 0 Å². The van der Waals surface area contributed by atoms with Crippen molar-refractivity contribution in [3.05, 3.63) is 52.6 Å². The molecule has 0 spiro atoms. The molecule has 25 heavy (non-hydrogen) atoms. The molecule has 0 amide bonds. The lowest BCUT2D eigenvalue weighted by Gasteiger charge is -2.33. The number of hydrogen-bond acceptors (Lipinski definition) is 5. The molecule has 0 saturated carbocycles. The molecule has 0 radical (unpaired) electrons. The van der Waals surface area contributed by atoms with Crippen molar-refractivity contribution in [3.8, 4) is 5.75 Å². The Hall–Kier alpha value is -1.98. The molecule has 1 fully saturated rings. The molecule has 1 aliphatic rings. The molecule has 5 heteroatoms. The standard InChI is InChI=1S/C20H27N3O2/c1-14-15(2)22-20(16(3)21-14)13-23-8-9-25-19(12-23)11-17-6-5-7-18(10-17)24-4/h5-7,10,19H,8-9,11-13H2,1-4H3/t19-/m1/s1. The molecule has 1 aromatic heterocycles. The van der Waals surface area contributed by atoms with E-state index in [0.29, 0.717) is 0 Å². The number of benzene rings is 1. The summed E-state index contributed by atoms with van der Waals surface area (Å²) >= 11 is 0. The maximum atomic E-state index is 5.98. The molecule has 1 atom stereocenters. The molecular formula is C20H27N3O2. The van der Waals surface area contributed by atoms with Crippen LogP contribution in [0.4, 0.5) is 0 Å². The predicted molar refractivity (Wildman–Crippen MR) is 98.0 cm³/mol. The monoisotopic (exact) mass is 341 g/mol. The van der Waals surface area contributed by atoms with Crippen molar-refractivity contribution >= 4 is 0 Å². The number of aryl methyl sites for hydroxylation is 3. The van der Waals surface area contributed by atoms with Gasteiger partial charge in [-0.05, 0) is 38.5 Å². The number of rotatable bonds is 5. The Morgan fingerprint density at radius 2 is 1.96 bits per heavy atom. The number of hydrogen-bond donors (Lipinski definition) is 0. The summed E-state index contributed by atoms with van der Waals surface area (Å²) in [7, 11) is 1.70. The normalized spacial score (nSPS) is 18.3. The zero-order valence-corrected chi connectivity index (χ0v) is 15.6. The quantitative estimate of drug-likeness (QED) is 0.837. The van der Waals surface area contributed by atoms with Gasteiger partial charge in [0.1, 0.15) is 5.75 Å². The Kier molecular flexibility index (Phi) is 5.66. The summed E-state index contributed by atoms with van der Waals surface area (Å²) in [5.41, 5.74) is 5.37. The van der Waals surface area contributed by atoms with Gasteiger partial charge in [-0.3, -0.25) is 14.9 Å². The molecule has 0 bridgehead atoms. The SMILES string of the molecule is COc1cccc(C[C@@H]2CN(Cc3nc(C)c(C)nc3C)CCO2)c1. The van der Waals surface area contributed by atoms with Crippen LogP contribution in [0.25, 0.3) is 0 Å². The lowest BCUT2D eigenvalue weighted by molar-refractivity contribution is -0.0309. The molecule has 2 heterocycles. The van der Waals surface area contributed by atoms with Gasteiger partial charge in [-0.25, -0.2) is 0 Å². The van der Waals surface area contributed by atoms with E-state index in [1.807, 2.05) is 32.9 Å². The van der Waals surface area contributed by atoms with Gasteiger partial charge in [0, 0.05) is 26.1 Å². The van der Waals surface area contributed by atoms with Gasteiger partial charge in [0.25, 0.3) is 0 Å². The first-order chi connectivity index (χ1) is 12.0. The first-order valence-electron chi connectivity index (χ1n) is 8.82. The second-order valence-electron chi connectivity index (χ2n) is 6.71. The van der Waals surface area contributed by atoms with E-state index in [9.17, 15) is 0 Å². The number of aromatic nitrogens is 2. The Morgan fingerprint density at radius 3 is 2.76 bits per heavy atom. The number of methoxy groups -OCH3 is 1. The highest BCUT2D eigenvalue weighted by molar-refractivity contribution is 5.29. The van der Waals surface area contributed by atoms with Crippen molar-refractivity contribution in [3.63, 3.8) is 0 Å². The van der Waals surface area contributed by atoms with E-state index in [0.717, 1.165) is 61.2 Å². The molecule has 3 rings (SSSR count). The average molecular weight is 341 g/mol. The van der Waals surface area contributed by atoms with Gasteiger partial charge < -0.3 is 9.47 Å². The third-order valence-electron chi connectivity index (χ3n) is 4.77. The maximum Gasteiger partial charge on any atom is 0.119 e. The fourth-order valence-corrected chi connectivity index (χ4v) is 3.23. The smallest absolute Gasteiger partial charge is 0.119 e. The average Bonchev–Trinajstić information content (AvgIpc) is 2.60. The van der Waals surface area contributed by atoms with Crippen LogP contribution in [0, 0.1) is 20.8 Å². The second-order valence-corrected chi connectivity index (χ2v) is 6.71. The number of nitrogens with zero attached hydrogens (tertiary/aromatic N) is 3. The molecule has 1 saturated heterocycles. The summed E-state index contributed by atoms with van der Waals surface area (Å²) in [4.78, 5) is 11.8. The van der Waals surface area contributed by atoms with E-state index >= 15 is 0 Å². The van der Waals surface area contributed by atoms with Gasteiger partial charge in [-0.1, -0.05) is 12.1 Å². The zero-order valence-electron chi connectivity index (χ0n) is 15.6. The summed E-state index contributed by atoms with van der Waals surface area (Å²) in [6.45, 7) is 9.51. The lowest BCUT2D eigenvalue weighted by atomic mass is 10.1. The second kappa shape index (κ2) is 7.93. The van der Waals surface area contributed by atoms with Crippen molar-refractivity contribution in [2.75, 3.05) is 26.8 Å². The predicted octanol–water partition coefficient (Wildman–Crippen LogP) is 2.85. The number of ether oxygens (including phenoxy) is 2. The van der Waals surface area contributed by atoms with Crippen molar-refractivity contribution < 1.29 is 9.47 Å². The fraction of sp³-hybridized carbons (Fsp3) is 0.500. The molecule has 1 aliphatic heterocycles. The highest BCUT2D eigenvalue weighted by atomic mass is 16.5. The van der Waals surface area contributed by atoms with Crippen LogP contribution in [-0.4, -0.2) is 47.8 Å². The van der Waals surface area contributed by atoms with Gasteiger partial charge in [0.15, 0.2) is 0 Å². The molecule has 5 nitrogen and oxygen atoms in total. The highest BCUT2D eigenvalue weighted by Crippen LogP contribution is 2.18. The summed E-state index contributed by atoms with van der Waals surface area (Å²) in [5, 5.41) is 0. The summed E-state index contributed by atoms with van der Waals surface area (Å²) in [6.07, 6.45) is 1.09. The van der Waals surface area contributed by atoms with E-state index in [2.05, 4.69) is 22.0 Å². The number of morpholine rings is 1. The summed E-state index contributed by atoms with van der Waals surface area (Å²) in [6, 6.07) is 8.21. The third kappa shape index (κ3) is 4.55. The molecule has 1 aromatic carbocycles. The minimum absolute atomic E-state index is 0.195. The van der Waals surface area contributed by atoms with Crippen LogP contribution in [0.1, 0.15) is 28.3 Å². The Morgan fingerprint density at radius 1 is 1.16 bits per heavy atom. The van der Waals surface area contributed by atoms with E-state index in [-0.39, 0.29) is 6.10 Å². The van der Waals surface area contributed by atoms with Gasteiger partial charge >= 0.3 is 0 Å². The van der Waals surface area contributed by atoms with Crippen molar-refractivity contribution in [2.45, 2.75) is 39.8 Å². The van der Waals surface area contributed by atoms with Crippen LogP contribution in [-0.2, 0) is 17.7 Å². The Bertz CT molecular complexity index is 733. The topological polar surface area (TPSA) is 47.5 Å². The Labute approximate surface area is 150 Å². The van der Waals surface area contributed by atoms with Gasteiger partial charge in [0.2, 0.25) is 0 Å².